The second-order valence-corrected chi connectivity index (χ2v) is 6.43. The van der Waals surface area contributed by atoms with Gasteiger partial charge in [-0.3, -0.25) is 4.79 Å². The van der Waals surface area contributed by atoms with E-state index in [0.29, 0.717) is 6.61 Å². The van der Waals surface area contributed by atoms with E-state index < -0.39 is 5.72 Å². The summed E-state index contributed by atoms with van der Waals surface area (Å²) in [6.07, 6.45) is 4.13. The number of carbonyl (C=O) groups is 1. The molecule has 3 heteroatoms. The fourth-order valence-electron chi connectivity index (χ4n) is 3.94. The van der Waals surface area contributed by atoms with E-state index in [0.717, 1.165) is 36.8 Å². The van der Waals surface area contributed by atoms with E-state index in [1.807, 2.05) is 53.4 Å². The molecule has 3 nitrogen and oxygen atoms in total. The topological polar surface area (TPSA) is 29.5 Å². The zero-order valence-electron chi connectivity index (χ0n) is 13.2. The molecule has 1 heterocycles. The van der Waals surface area contributed by atoms with E-state index in [-0.39, 0.29) is 11.9 Å². The van der Waals surface area contributed by atoms with Crippen LogP contribution in [0.3, 0.4) is 0 Å². The molecule has 118 valence electrons. The Morgan fingerprint density at radius 2 is 1.57 bits per heavy atom. The van der Waals surface area contributed by atoms with Crippen molar-refractivity contribution in [2.24, 2.45) is 0 Å². The van der Waals surface area contributed by atoms with Gasteiger partial charge in [0.25, 0.3) is 5.91 Å². The number of amides is 1. The van der Waals surface area contributed by atoms with Crippen LogP contribution in [0.4, 0.5) is 0 Å². The Morgan fingerprint density at radius 3 is 2.22 bits per heavy atom. The summed E-state index contributed by atoms with van der Waals surface area (Å²) in [4.78, 5) is 15.3. The van der Waals surface area contributed by atoms with Crippen LogP contribution in [0.15, 0.2) is 60.7 Å². The van der Waals surface area contributed by atoms with Crippen molar-refractivity contribution in [2.75, 3.05) is 6.61 Å². The molecule has 0 N–H and O–H groups in total. The molecule has 1 atom stereocenters. The Morgan fingerprint density at radius 1 is 0.957 bits per heavy atom. The van der Waals surface area contributed by atoms with Crippen molar-refractivity contribution in [1.29, 1.82) is 0 Å². The monoisotopic (exact) mass is 307 g/mol. The van der Waals surface area contributed by atoms with Crippen LogP contribution in [0.5, 0.6) is 0 Å². The molecule has 1 saturated carbocycles. The molecule has 2 fully saturated rings. The Hall–Kier alpha value is -2.13. The number of carbonyl (C=O) groups excluding carboxylic acids is 1. The number of benzene rings is 2. The maximum Gasteiger partial charge on any atom is 0.256 e. The van der Waals surface area contributed by atoms with Crippen LogP contribution >= 0.6 is 0 Å². The van der Waals surface area contributed by atoms with Gasteiger partial charge >= 0.3 is 0 Å². The fraction of sp³-hybridized carbons (Fsp3) is 0.350. The number of hydrogen-bond acceptors (Lipinski definition) is 2. The highest BCUT2D eigenvalue weighted by molar-refractivity contribution is 5.95. The molecule has 1 saturated heterocycles. The molecule has 4 rings (SSSR count). The smallest absolute Gasteiger partial charge is 0.256 e. The first kappa shape index (κ1) is 14.5. The minimum absolute atomic E-state index is 0.00186. The second-order valence-electron chi connectivity index (χ2n) is 6.43. The minimum atomic E-state index is -0.409. The van der Waals surface area contributed by atoms with Crippen molar-refractivity contribution < 1.29 is 9.53 Å². The maximum atomic E-state index is 13.2. The highest BCUT2D eigenvalue weighted by Gasteiger charge is 2.52. The van der Waals surface area contributed by atoms with E-state index in [1.54, 1.807) is 0 Å². The van der Waals surface area contributed by atoms with Crippen molar-refractivity contribution in [3.05, 3.63) is 71.8 Å². The van der Waals surface area contributed by atoms with Crippen LogP contribution in [0.25, 0.3) is 0 Å². The lowest BCUT2D eigenvalue weighted by molar-refractivity contribution is -0.0642. The summed E-state index contributed by atoms with van der Waals surface area (Å²) in [7, 11) is 0. The molecule has 0 unspecified atom stereocenters. The largest absolute Gasteiger partial charge is 0.353 e. The fourth-order valence-corrected chi connectivity index (χ4v) is 3.94. The molecule has 2 aromatic carbocycles. The molecule has 0 radical (unpaired) electrons. The number of hydrogen-bond donors (Lipinski definition) is 0. The Bertz CT molecular complexity index is 677. The summed E-state index contributed by atoms with van der Waals surface area (Å²) in [5, 5.41) is 0. The number of ether oxygens (including phenoxy) is 1. The highest BCUT2D eigenvalue weighted by Crippen LogP contribution is 2.47. The van der Waals surface area contributed by atoms with Gasteiger partial charge in [0.2, 0.25) is 0 Å². The van der Waals surface area contributed by atoms with Crippen LogP contribution in [0, 0.1) is 0 Å². The van der Waals surface area contributed by atoms with Gasteiger partial charge in [-0.05, 0) is 43.4 Å². The predicted molar refractivity (Wildman–Crippen MR) is 88.9 cm³/mol. The van der Waals surface area contributed by atoms with Crippen LogP contribution in [-0.4, -0.2) is 23.1 Å². The lowest BCUT2D eigenvalue weighted by Gasteiger charge is -2.36. The van der Waals surface area contributed by atoms with E-state index in [9.17, 15) is 4.79 Å². The predicted octanol–water partition coefficient (Wildman–Crippen LogP) is 4.17. The summed E-state index contributed by atoms with van der Waals surface area (Å²) in [5.74, 6) is 0.0823. The summed E-state index contributed by atoms with van der Waals surface area (Å²) >= 11 is 0. The van der Waals surface area contributed by atoms with E-state index in [1.165, 1.54) is 0 Å². The standard InChI is InChI=1S/C20H21NO2/c22-19(17-11-5-2-6-12-17)21-18(16-9-3-1-4-10-16)15-23-20(21)13-7-8-14-20/h1-6,9-12,18H,7-8,13-15H2/t18-/m1/s1. The van der Waals surface area contributed by atoms with Crippen molar-refractivity contribution >= 4 is 5.91 Å². The molecular formula is C20H21NO2. The highest BCUT2D eigenvalue weighted by atomic mass is 16.5. The van der Waals surface area contributed by atoms with Gasteiger partial charge in [0.15, 0.2) is 0 Å². The lowest BCUT2D eigenvalue weighted by Crippen LogP contribution is -2.47. The average molecular weight is 307 g/mol. The Balaban J connectivity index is 1.74. The van der Waals surface area contributed by atoms with Crippen molar-refractivity contribution in [2.45, 2.75) is 37.5 Å². The molecule has 2 aromatic rings. The van der Waals surface area contributed by atoms with E-state index >= 15 is 0 Å². The first-order valence-electron chi connectivity index (χ1n) is 8.38. The first-order valence-corrected chi connectivity index (χ1v) is 8.38. The summed E-state index contributed by atoms with van der Waals surface area (Å²) in [6.45, 7) is 0.586. The van der Waals surface area contributed by atoms with E-state index in [4.69, 9.17) is 4.74 Å². The quantitative estimate of drug-likeness (QED) is 0.833. The average Bonchev–Trinajstić information content (AvgIpc) is 3.24. The lowest BCUT2D eigenvalue weighted by atomic mass is 10.0. The van der Waals surface area contributed by atoms with Crippen LogP contribution in [0.1, 0.15) is 47.6 Å². The maximum absolute atomic E-state index is 13.2. The molecule has 0 aromatic heterocycles. The van der Waals surface area contributed by atoms with Crippen molar-refractivity contribution in [3.63, 3.8) is 0 Å². The summed E-state index contributed by atoms with van der Waals surface area (Å²) in [6, 6.07) is 19.8. The molecule has 1 aliphatic carbocycles. The molecule has 0 bridgehead atoms. The molecule has 1 spiro atoms. The molecule has 23 heavy (non-hydrogen) atoms. The van der Waals surface area contributed by atoms with Crippen LogP contribution in [-0.2, 0) is 4.74 Å². The number of rotatable bonds is 2. The third-order valence-electron chi connectivity index (χ3n) is 5.07. The van der Waals surface area contributed by atoms with Gasteiger partial charge in [-0.1, -0.05) is 48.5 Å². The van der Waals surface area contributed by atoms with Gasteiger partial charge in [0.05, 0.1) is 12.6 Å². The number of nitrogens with zero attached hydrogens (tertiary/aromatic N) is 1. The molecule has 1 amide bonds. The molecule has 2 aliphatic rings. The third-order valence-corrected chi connectivity index (χ3v) is 5.07. The van der Waals surface area contributed by atoms with Crippen molar-refractivity contribution in [3.8, 4) is 0 Å². The van der Waals surface area contributed by atoms with Gasteiger partial charge in [-0.15, -0.1) is 0 Å². The summed E-state index contributed by atoms with van der Waals surface area (Å²) in [5.41, 5.74) is 1.48. The molecule has 1 aliphatic heterocycles. The molecular weight excluding hydrogens is 286 g/mol. The minimum Gasteiger partial charge on any atom is -0.353 e. The zero-order valence-corrected chi connectivity index (χ0v) is 13.2. The normalized spacial score (nSPS) is 22.6. The van der Waals surface area contributed by atoms with Crippen LogP contribution in [0.2, 0.25) is 0 Å². The third kappa shape index (κ3) is 2.45. The van der Waals surface area contributed by atoms with Gasteiger partial charge in [-0.25, -0.2) is 0 Å². The van der Waals surface area contributed by atoms with Gasteiger partial charge in [-0.2, -0.15) is 0 Å². The van der Waals surface area contributed by atoms with Crippen molar-refractivity contribution in [1.82, 2.24) is 4.90 Å². The Kier molecular flexibility index (Phi) is 3.66. The van der Waals surface area contributed by atoms with Crippen LogP contribution < -0.4 is 0 Å². The second kappa shape index (κ2) is 5.82. The van der Waals surface area contributed by atoms with Gasteiger partial charge in [0, 0.05) is 5.56 Å². The summed E-state index contributed by atoms with van der Waals surface area (Å²) < 4.78 is 6.23. The van der Waals surface area contributed by atoms with E-state index in [2.05, 4.69) is 12.1 Å². The van der Waals surface area contributed by atoms with Gasteiger partial charge in [0.1, 0.15) is 5.72 Å². The Labute approximate surface area is 136 Å². The van der Waals surface area contributed by atoms with Gasteiger partial charge < -0.3 is 9.64 Å². The first-order chi connectivity index (χ1) is 11.3. The zero-order chi connectivity index (χ0) is 15.7. The SMILES string of the molecule is O=C(c1ccccc1)N1[C@@H](c2ccccc2)COC12CCCC2.